The number of hydrogen-bond donors (Lipinski definition) is 2. The number of nitrogens with one attached hydrogen (secondary N) is 2. The summed E-state index contributed by atoms with van der Waals surface area (Å²) in [5, 5.41) is 4.65. The zero-order valence-electron chi connectivity index (χ0n) is 21.1. The quantitative estimate of drug-likeness (QED) is 0.322. The Kier molecular flexibility index (Phi) is 9.32. The van der Waals surface area contributed by atoms with Gasteiger partial charge in [0.05, 0.1) is 26.2 Å². The molecule has 0 aromatic rings. The minimum Gasteiger partial charge on any atom is -0.444 e. The summed E-state index contributed by atoms with van der Waals surface area (Å²) in [6.07, 6.45) is -0.557. The van der Waals surface area contributed by atoms with Crippen LogP contribution in [0, 0.1) is 0 Å². The van der Waals surface area contributed by atoms with Gasteiger partial charge >= 0.3 is 12.1 Å². The van der Waals surface area contributed by atoms with Crippen LogP contribution in [0.25, 0.3) is 0 Å². The van der Waals surface area contributed by atoms with Gasteiger partial charge < -0.3 is 14.8 Å². The molecule has 0 bridgehead atoms. The summed E-state index contributed by atoms with van der Waals surface area (Å²) in [7, 11) is 0. The van der Waals surface area contributed by atoms with Crippen molar-refractivity contribution in [3.8, 4) is 0 Å². The Hall–Kier alpha value is -3.06. The van der Waals surface area contributed by atoms with Crippen LogP contribution in [-0.2, 0) is 33.4 Å². The van der Waals surface area contributed by atoms with Crippen LogP contribution in [0.15, 0.2) is 0 Å². The molecule has 2 fully saturated rings. The molecular formula is C22H35N5O8. The Morgan fingerprint density at radius 2 is 1.43 bits per heavy atom. The number of carbonyl (C=O) groups excluding carboxylic acids is 6. The van der Waals surface area contributed by atoms with Crippen LogP contribution in [0.1, 0.15) is 48.0 Å². The van der Waals surface area contributed by atoms with Gasteiger partial charge in [-0.25, -0.2) is 14.5 Å². The van der Waals surface area contributed by atoms with E-state index >= 15 is 0 Å². The second-order valence-corrected chi connectivity index (χ2v) is 9.68. The zero-order chi connectivity index (χ0) is 26.5. The van der Waals surface area contributed by atoms with Gasteiger partial charge in [0.2, 0.25) is 23.6 Å². The number of amides is 5. The molecule has 2 rings (SSSR count). The van der Waals surface area contributed by atoms with Gasteiger partial charge in [0, 0.05) is 12.1 Å². The SMILES string of the molecule is CCC(NC(=O)OC(C)(C)C)C(=O)OCN1C(=O)CN(C(C)C(C)N2CC(=O)NC(=O)C2)CC1=O. The number of ether oxygens (including phenoxy) is 2. The van der Waals surface area contributed by atoms with E-state index < -0.39 is 54.1 Å². The largest absolute Gasteiger partial charge is 0.444 e. The molecule has 13 heteroatoms. The van der Waals surface area contributed by atoms with Crippen molar-refractivity contribution in [2.75, 3.05) is 32.9 Å². The molecule has 2 N–H and O–H groups in total. The van der Waals surface area contributed by atoms with Crippen molar-refractivity contribution in [1.82, 2.24) is 25.3 Å². The van der Waals surface area contributed by atoms with Crippen LogP contribution in [0.5, 0.6) is 0 Å². The zero-order valence-corrected chi connectivity index (χ0v) is 21.1. The molecule has 5 amide bonds. The van der Waals surface area contributed by atoms with Gasteiger partial charge in [0.15, 0.2) is 6.73 Å². The highest BCUT2D eigenvalue weighted by Gasteiger charge is 2.38. The molecule has 35 heavy (non-hydrogen) atoms. The summed E-state index contributed by atoms with van der Waals surface area (Å²) < 4.78 is 10.3. The predicted octanol–water partition coefficient (Wildman–Crippen LogP) is -0.803. The van der Waals surface area contributed by atoms with Crippen molar-refractivity contribution in [2.45, 2.75) is 71.7 Å². The minimum absolute atomic E-state index is 0.0466. The van der Waals surface area contributed by atoms with E-state index in [2.05, 4.69) is 10.6 Å². The molecule has 0 aromatic heterocycles. The summed E-state index contributed by atoms with van der Waals surface area (Å²) in [6.45, 7) is 9.69. The summed E-state index contributed by atoms with van der Waals surface area (Å²) in [5.41, 5.74) is -0.741. The molecule has 13 nitrogen and oxygen atoms in total. The van der Waals surface area contributed by atoms with Crippen LogP contribution >= 0.6 is 0 Å². The topological polar surface area (TPSA) is 155 Å². The maximum atomic E-state index is 12.7. The Morgan fingerprint density at radius 3 is 1.89 bits per heavy atom. The number of piperazine rings is 2. The molecule has 0 radical (unpaired) electrons. The first-order valence-electron chi connectivity index (χ1n) is 11.5. The van der Waals surface area contributed by atoms with E-state index in [4.69, 9.17) is 9.47 Å². The van der Waals surface area contributed by atoms with Crippen LogP contribution in [-0.4, -0.2) is 107 Å². The summed E-state index contributed by atoms with van der Waals surface area (Å²) in [6, 6.07) is -1.59. The van der Waals surface area contributed by atoms with Crippen molar-refractivity contribution >= 4 is 35.7 Å². The van der Waals surface area contributed by atoms with Gasteiger partial charge in [0.1, 0.15) is 11.6 Å². The molecule has 3 unspecified atom stereocenters. The average Bonchev–Trinajstić information content (AvgIpc) is 2.73. The summed E-state index contributed by atoms with van der Waals surface area (Å²) in [4.78, 5) is 77.2. The fraction of sp³-hybridized carbons (Fsp3) is 0.727. The van der Waals surface area contributed by atoms with Crippen molar-refractivity contribution in [3.05, 3.63) is 0 Å². The lowest BCUT2D eigenvalue weighted by atomic mass is 10.1. The monoisotopic (exact) mass is 497 g/mol. The number of imide groups is 2. The Morgan fingerprint density at radius 1 is 0.943 bits per heavy atom. The first-order chi connectivity index (χ1) is 16.2. The third-order valence-electron chi connectivity index (χ3n) is 5.82. The molecule has 0 saturated carbocycles. The van der Waals surface area contributed by atoms with Crippen molar-refractivity contribution in [1.29, 1.82) is 0 Å². The lowest BCUT2D eigenvalue weighted by molar-refractivity contribution is -0.166. The maximum Gasteiger partial charge on any atom is 0.408 e. The number of carbonyl (C=O) groups is 6. The van der Waals surface area contributed by atoms with E-state index in [1.165, 1.54) is 0 Å². The number of alkyl carbamates (subject to hydrolysis) is 1. The maximum absolute atomic E-state index is 12.7. The first kappa shape index (κ1) is 28.2. The van der Waals surface area contributed by atoms with Crippen LogP contribution < -0.4 is 10.6 Å². The average molecular weight is 498 g/mol. The third kappa shape index (κ3) is 7.99. The second kappa shape index (κ2) is 11.6. The minimum atomic E-state index is -0.998. The molecule has 196 valence electrons. The van der Waals surface area contributed by atoms with Crippen molar-refractivity contribution < 1.29 is 38.2 Å². The fourth-order valence-electron chi connectivity index (χ4n) is 3.71. The van der Waals surface area contributed by atoms with Crippen LogP contribution in [0.2, 0.25) is 0 Å². The standard InChI is InChI=1S/C22H35N5O8/c1-7-15(23-21(33)35-22(4,5)6)20(32)34-12-27-18(30)10-26(11-19(27)31)14(3)13(2)25-8-16(28)24-17(29)9-25/h13-15H,7-12H2,1-6H3,(H,23,33)(H,24,28,29). The first-order valence-corrected chi connectivity index (χ1v) is 11.5. The highest BCUT2D eigenvalue weighted by Crippen LogP contribution is 2.16. The smallest absolute Gasteiger partial charge is 0.408 e. The van der Waals surface area contributed by atoms with E-state index in [1.54, 1.807) is 37.5 Å². The van der Waals surface area contributed by atoms with E-state index in [9.17, 15) is 28.8 Å². The molecule has 3 atom stereocenters. The Labute approximate surface area is 204 Å². The van der Waals surface area contributed by atoms with E-state index in [0.717, 1.165) is 4.90 Å². The molecule has 2 aliphatic rings. The van der Waals surface area contributed by atoms with Gasteiger partial charge in [0.25, 0.3) is 0 Å². The van der Waals surface area contributed by atoms with Gasteiger partial charge in [-0.1, -0.05) is 6.92 Å². The summed E-state index contributed by atoms with van der Waals surface area (Å²) >= 11 is 0. The molecule has 0 aromatic carbocycles. The third-order valence-corrected chi connectivity index (χ3v) is 5.82. The van der Waals surface area contributed by atoms with Crippen LogP contribution in [0.4, 0.5) is 4.79 Å². The van der Waals surface area contributed by atoms with Crippen molar-refractivity contribution in [2.24, 2.45) is 0 Å². The number of hydrogen-bond acceptors (Lipinski definition) is 10. The molecule has 2 aliphatic heterocycles. The number of esters is 1. The predicted molar refractivity (Wildman–Crippen MR) is 121 cm³/mol. The fourth-order valence-corrected chi connectivity index (χ4v) is 3.71. The highest BCUT2D eigenvalue weighted by atomic mass is 16.6. The lowest BCUT2D eigenvalue weighted by Gasteiger charge is -2.42. The van der Waals surface area contributed by atoms with Gasteiger partial charge in [-0.15, -0.1) is 0 Å². The van der Waals surface area contributed by atoms with Crippen molar-refractivity contribution in [3.63, 3.8) is 0 Å². The molecule has 2 saturated heterocycles. The molecule has 0 spiro atoms. The number of nitrogens with zero attached hydrogens (tertiary/aromatic N) is 3. The normalized spacial score (nSPS) is 20.7. The van der Waals surface area contributed by atoms with E-state index in [-0.39, 0.29) is 44.7 Å². The Bertz CT molecular complexity index is 836. The van der Waals surface area contributed by atoms with Crippen LogP contribution in [0.3, 0.4) is 0 Å². The molecule has 2 heterocycles. The lowest BCUT2D eigenvalue weighted by Crippen LogP contribution is -2.62. The molecular weight excluding hydrogens is 462 g/mol. The second-order valence-electron chi connectivity index (χ2n) is 9.68. The Balaban J connectivity index is 1.90. The molecule has 0 aliphatic carbocycles. The van der Waals surface area contributed by atoms with Gasteiger partial charge in [-0.05, 0) is 41.0 Å². The highest BCUT2D eigenvalue weighted by molar-refractivity contribution is 6.00. The summed E-state index contributed by atoms with van der Waals surface area (Å²) in [5.74, 6) is -2.69. The van der Waals surface area contributed by atoms with E-state index in [0.29, 0.717) is 0 Å². The van der Waals surface area contributed by atoms with Gasteiger partial charge in [-0.2, -0.15) is 0 Å². The van der Waals surface area contributed by atoms with Gasteiger partial charge in [-0.3, -0.25) is 34.3 Å². The number of rotatable bonds is 8. The van der Waals surface area contributed by atoms with E-state index in [1.807, 2.05) is 13.8 Å².